The summed E-state index contributed by atoms with van der Waals surface area (Å²) in [5, 5.41) is 8.67. The Morgan fingerprint density at radius 3 is 2.53 bits per heavy atom. The molecule has 1 aromatic carbocycles. The van der Waals surface area contributed by atoms with E-state index >= 15 is 0 Å². The maximum Gasteiger partial charge on any atom is 0.318 e. The molecule has 0 saturated heterocycles. The highest BCUT2D eigenvalue weighted by Gasteiger charge is 2.19. The minimum atomic E-state index is -3.52. The van der Waals surface area contributed by atoms with Gasteiger partial charge in [-0.25, -0.2) is 8.42 Å². The first-order valence-corrected chi connectivity index (χ1v) is 6.86. The fourth-order valence-corrected chi connectivity index (χ4v) is 2.18. The van der Waals surface area contributed by atoms with Crippen molar-refractivity contribution in [3.63, 3.8) is 0 Å². The van der Waals surface area contributed by atoms with Gasteiger partial charge in [0.25, 0.3) is 0 Å². The number of carboxylic acids is 1. The van der Waals surface area contributed by atoms with Gasteiger partial charge in [-0.05, 0) is 12.5 Å². The van der Waals surface area contributed by atoms with Crippen LogP contribution in [-0.2, 0) is 21.4 Å². The van der Waals surface area contributed by atoms with Crippen LogP contribution in [0.25, 0.3) is 0 Å². The second kappa shape index (κ2) is 5.29. The van der Waals surface area contributed by atoms with E-state index in [1.165, 1.54) is 0 Å². The van der Waals surface area contributed by atoms with E-state index in [9.17, 15) is 13.2 Å². The Morgan fingerprint density at radius 1 is 1.41 bits per heavy atom. The molecule has 0 heterocycles. The normalized spacial score (nSPS) is 11.7. The number of sulfonamides is 1. The van der Waals surface area contributed by atoms with Crippen LogP contribution in [0, 0.1) is 6.92 Å². The number of aliphatic carboxylic acids is 1. The highest BCUT2D eigenvalue weighted by Crippen LogP contribution is 2.10. The Kier molecular flexibility index (Phi) is 4.25. The van der Waals surface area contributed by atoms with E-state index in [4.69, 9.17) is 5.11 Å². The smallest absolute Gasteiger partial charge is 0.318 e. The van der Waals surface area contributed by atoms with Gasteiger partial charge in [0.2, 0.25) is 10.0 Å². The highest BCUT2D eigenvalue weighted by molar-refractivity contribution is 7.88. The summed E-state index contributed by atoms with van der Waals surface area (Å²) in [7, 11) is -3.52. The third kappa shape index (κ3) is 4.54. The molecule has 0 aliphatic carbocycles. The van der Waals surface area contributed by atoms with E-state index in [1.807, 2.05) is 25.1 Å². The quantitative estimate of drug-likeness (QED) is 0.848. The Hall–Kier alpha value is -1.40. The number of hydrogen-bond acceptors (Lipinski definition) is 3. The van der Waals surface area contributed by atoms with Crippen LogP contribution in [-0.4, -0.2) is 36.6 Å². The van der Waals surface area contributed by atoms with Crippen molar-refractivity contribution in [3.8, 4) is 0 Å². The number of nitrogens with zero attached hydrogens (tertiary/aromatic N) is 1. The lowest BCUT2D eigenvalue weighted by atomic mass is 10.1. The third-order valence-electron chi connectivity index (χ3n) is 2.22. The van der Waals surface area contributed by atoms with Gasteiger partial charge in [-0.3, -0.25) is 4.79 Å². The fraction of sp³-hybridized carbons (Fsp3) is 0.364. The summed E-state index contributed by atoms with van der Waals surface area (Å²) < 4.78 is 23.8. The summed E-state index contributed by atoms with van der Waals surface area (Å²) in [5.74, 6) is -1.16. The molecule has 0 aliphatic rings. The maximum absolute atomic E-state index is 11.4. The summed E-state index contributed by atoms with van der Waals surface area (Å²) in [6, 6.07) is 7.31. The van der Waals surface area contributed by atoms with E-state index in [2.05, 4.69) is 0 Å². The van der Waals surface area contributed by atoms with Crippen molar-refractivity contribution in [2.45, 2.75) is 13.5 Å². The van der Waals surface area contributed by atoms with Crippen LogP contribution in [0.15, 0.2) is 24.3 Å². The molecule has 0 bridgehead atoms. The molecule has 0 unspecified atom stereocenters. The molecule has 0 radical (unpaired) electrons. The standard InChI is InChI=1S/C11H15NO4S/c1-9-4-3-5-10(6-9)7-12(8-11(13)14)17(2,15)16/h3-6H,7-8H2,1-2H3,(H,13,14). The molecule has 5 nitrogen and oxygen atoms in total. The minimum Gasteiger partial charge on any atom is -0.480 e. The second-order valence-corrected chi connectivity index (χ2v) is 5.90. The van der Waals surface area contributed by atoms with Gasteiger partial charge in [-0.2, -0.15) is 4.31 Å². The molecule has 17 heavy (non-hydrogen) atoms. The molecule has 1 rings (SSSR count). The molecule has 0 saturated carbocycles. The minimum absolute atomic E-state index is 0.0762. The molecule has 0 amide bonds. The Balaban J connectivity index is 2.91. The molecular formula is C11H15NO4S. The van der Waals surface area contributed by atoms with E-state index in [0.717, 1.165) is 21.7 Å². The first kappa shape index (κ1) is 13.7. The van der Waals surface area contributed by atoms with Crippen molar-refractivity contribution in [3.05, 3.63) is 35.4 Å². The van der Waals surface area contributed by atoms with Crippen LogP contribution >= 0.6 is 0 Å². The van der Waals surface area contributed by atoms with E-state index in [1.54, 1.807) is 6.07 Å². The zero-order chi connectivity index (χ0) is 13.1. The van der Waals surface area contributed by atoms with Crippen molar-refractivity contribution >= 4 is 16.0 Å². The Labute approximate surface area is 101 Å². The lowest BCUT2D eigenvalue weighted by Gasteiger charge is -2.17. The predicted molar refractivity (Wildman–Crippen MR) is 64.1 cm³/mol. The zero-order valence-electron chi connectivity index (χ0n) is 9.75. The maximum atomic E-state index is 11.4. The molecule has 1 aromatic rings. The predicted octanol–water partition coefficient (Wildman–Crippen LogP) is 0.841. The van der Waals surface area contributed by atoms with Gasteiger partial charge in [-0.1, -0.05) is 29.8 Å². The topological polar surface area (TPSA) is 74.7 Å². The van der Waals surface area contributed by atoms with Crippen molar-refractivity contribution in [1.29, 1.82) is 0 Å². The van der Waals surface area contributed by atoms with Crippen LogP contribution in [0.4, 0.5) is 0 Å². The van der Waals surface area contributed by atoms with Gasteiger partial charge in [0.15, 0.2) is 0 Å². The fourth-order valence-electron chi connectivity index (χ4n) is 1.46. The number of carboxylic acid groups (broad SMARTS) is 1. The van der Waals surface area contributed by atoms with E-state index < -0.39 is 22.5 Å². The lowest BCUT2D eigenvalue weighted by Crippen LogP contribution is -2.34. The molecule has 6 heteroatoms. The molecule has 0 spiro atoms. The van der Waals surface area contributed by atoms with Gasteiger partial charge >= 0.3 is 5.97 Å². The second-order valence-electron chi connectivity index (χ2n) is 3.91. The lowest BCUT2D eigenvalue weighted by molar-refractivity contribution is -0.137. The van der Waals surface area contributed by atoms with Crippen molar-refractivity contribution in [1.82, 2.24) is 4.31 Å². The average molecular weight is 257 g/mol. The Bertz CT molecular complexity index is 510. The third-order valence-corrected chi connectivity index (χ3v) is 3.42. The largest absolute Gasteiger partial charge is 0.480 e. The van der Waals surface area contributed by atoms with Crippen molar-refractivity contribution in [2.75, 3.05) is 12.8 Å². The highest BCUT2D eigenvalue weighted by atomic mass is 32.2. The van der Waals surface area contributed by atoms with Crippen LogP contribution in [0.1, 0.15) is 11.1 Å². The summed E-state index contributed by atoms with van der Waals surface area (Å²) in [4.78, 5) is 10.6. The first-order chi connectivity index (χ1) is 7.79. The number of rotatable bonds is 5. The number of hydrogen-bond donors (Lipinski definition) is 1. The Morgan fingerprint density at radius 2 is 2.06 bits per heavy atom. The molecule has 0 fully saturated rings. The van der Waals surface area contributed by atoms with Gasteiger partial charge in [0, 0.05) is 6.54 Å². The van der Waals surface area contributed by atoms with Crippen molar-refractivity contribution in [2.24, 2.45) is 0 Å². The summed E-state index contributed by atoms with van der Waals surface area (Å²) in [6.07, 6.45) is 1.01. The van der Waals surface area contributed by atoms with Crippen LogP contribution in [0.2, 0.25) is 0 Å². The van der Waals surface area contributed by atoms with Crippen LogP contribution < -0.4 is 0 Å². The van der Waals surface area contributed by atoms with Gasteiger partial charge < -0.3 is 5.11 Å². The van der Waals surface area contributed by atoms with E-state index in [-0.39, 0.29) is 6.54 Å². The van der Waals surface area contributed by atoms with Crippen LogP contribution in [0.5, 0.6) is 0 Å². The number of aryl methyl sites for hydroxylation is 1. The molecule has 0 aliphatic heterocycles. The first-order valence-electron chi connectivity index (χ1n) is 5.01. The van der Waals surface area contributed by atoms with Crippen molar-refractivity contribution < 1.29 is 18.3 Å². The van der Waals surface area contributed by atoms with Gasteiger partial charge in [0.1, 0.15) is 6.54 Å². The number of benzene rings is 1. The SMILES string of the molecule is Cc1cccc(CN(CC(=O)O)S(C)(=O)=O)c1. The molecule has 0 aromatic heterocycles. The van der Waals surface area contributed by atoms with E-state index in [0.29, 0.717) is 0 Å². The number of carbonyl (C=O) groups is 1. The molecular weight excluding hydrogens is 242 g/mol. The van der Waals surface area contributed by atoms with Crippen LogP contribution in [0.3, 0.4) is 0 Å². The van der Waals surface area contributed by atoms with Gasteiger partial charge in [-0.15, -0.1) is 0 Å². The summed E-state index contributed by atoms with van der Waals surface area (Å²) in [5.41, 5.74) is 1.78. The summed E-state index contributed by atoms with van der Waals surface area (Å²) >= 11 is 0. The molecule has 1 N–H and O–H groups in total. The average Bonchev–Trinajstić information content (AvgIpc) is 2.14. The zero-order valence-corrected chi connectivity index (χ0v) is 10.6. The van der Waals surface area contributed by atoms with Gasteiger partial charge in [0.05, 0.1) is 6.26 Å². The monoisotopic (exact) mass is 257 g/mol. The molecule has 94 valence electrons. The summed E-state index contributed by atoms with van der Waals surface area (Å²) in [6.45, 7) is 1.45. The molecule has 0 atom stereocenters.